The van der Waals surface area contributed by atoms with Crippen LogP contribution in [0.1, 0.15) is 29.9 Å². The molecule has 1 heterocycles. The standard InChI is InChI=1S/C17H18F3N3O/c1-3-23(4-2)16(24)15-11-14(9-10-21-15)22-13-7-5-12(6-8-13)17(18,19)20/h5-11H,3-4H2,1-2H3,(H,21,22). The minimum absolute atomic E-state index is 0.184. The van der Waals surface area contributed by atoms with Crippen LogP contribution in [0.2, 0.25) is 0 Å². The van der Waals surface area contributed by atoms with Crippen LogP contribution in [0.15, 0.2) is 42.6 Å². The van der Waals surface area contributed by atoms with Gasteiger partial charge in [-0.3, -0.25) is 9.78 Å². The van der Waals surface area contributed by atoms with Gasteiger partial charge in [-0.25, -0.2) is 0 Å². The number of anilines is 2. The van der Waals surface area contributed by atoms with Crippen LogP contribution in [0.25, 0.3) is 0 Å². The van der Waals surface area contributed by atoms with Crippen molar-refractivity contribution < 1.29 is 18.0 Å². The molecule has 24 heavy (non-hydrogen) atoms. The Morgan fingerprint density at radius 1 is 1.08 bits per heavy atom. The van der Waals surface area contributed by atoms with Crippen molar-refractivity contribution in [1.29, 1.82) is 0 Å². The summed E-state index contributed by atoms with van der Waals surface area (Å²) in [4.78, 5) is 18.0. The molecule has 0 saturated carbocycles. The van der Waals surface area contributed by atoms with Crippen molar-refractivity contribution >= 4 is 17.3 Å². The van der Waals surface area contributed by atoms with Gasteiger partial charge in [0.25, 0.3) is 5.91 Å². The first-order chi connectivity index (χ1) is 11.3. The molecular weight excluding hydrogens is 319 g/mol. The summed E-state index contributed by atoms with van der Waals surface area (Å²) in [5.41, 5.74) is 0.659. The number of carbonyl (C=O) groups excluding carboxylic acids is 1. The van der Waals surface area contributed by atoms with Crippen LogP contribution in [0.4, 0.5) is 24.5 Å². The maximum absolute atomic E-state index is 12.6. The zero-order valence-electron chi connectivity index (χ0n) is 13.4. The number of carbonyl (C=O) groups is 1. The lowest BCUT2D eigenvalue weighted by molar-refractivity contribution is -0.137. The Hall–Kier alpha value is -2.57. The number of aromatic nitrogens is 1. The number of benzene rings is 1. The van der Waals surface area contributed by atoms with Gasteiger partial charge in [-0.2, -0.15) is 13.2 Å². The topological polar surface area (TPSA) is 45.2 Å². The molecule has 1 amide bonds. The lowest BCUT2D eigenvalue weighted by Gasteiger charge is -2.18. The van der Waals surface area contributed by atoms with E-state index in [1.807, 2.05) is 13.8 Å². The number of halogens is 3. The van der Waals surface area contributed by atoms with Crippen molar-refractivity contribution in [2.45, 2.75) is 20.0 Å². The Labute approximate surface area is 138 Å². The Morgan fingerprint density at radius 2 is 1.71 bits per heavy atom. The van der Waals surface area contributed by atoms with Gasteiger partial charge in [-0.15, -0.1) is 0 Å². The van der Waals surface area contributed by atoms with Crippen LogP contribution in [-0.2, 0) is 6.18 Å². The number of alkyl halides is 3. The molecule has 0 aliphatic carbocycles. The third kappa shape index (κ3) is 4.24. The Bertz CT molecular complexity index is 695. The van der Waals surface area contributed by atoms with Crippen LogP contribution in [0.3, 0.4) is 0 Å². The first-order valence-corrected chi connectivity index (χ1v) is 7.54. The second-order valence-electron chi connectivity index (χ2n) is 5.11. The quantitative estimate of drug-likeness (QED) is 0.883. The number of hydrogen-bond donors (Lipinski definition) is 1. The van der Waals surface area contributed by atoms with Gasteiger partial charge in [-0.1, -0.05) is 0 Å². The average Bonchev–Trinajstić information content (AvgIpc) is 2.56. The summed E-state index contributed by atoms with van der Waals surface area (Å²) >= 11 is 0. The molecule has 0 atom stereocenters. The average molecular weight is 337 g/mol. The second-order valence-corrected chi connectivity index (χ2v) is 5.11. The Balaban J connectivity index is 2.16. The Morgan fingerprint density at radius 3 is 2.25 bits per heavy atom. The molecule has 0 spiro atoms. The maximum atomic E-state index is 12.6. The molecular formula is C17H18F3N3O. The van der Waals surface area contributed by atoms with Gasteiger partial charge in [0.05, 0.1) is 5.56 Å². The van der Waals surface area contributed by atoms with Crippen LogP contribution in [0.5, 0.6) is 0 Å². The van der Waals surface area contributed by atoms with E-state index in [0.29, 0.717) is 24.5 Å². The highest BCUT2D eigenvalue weighted by molar-refractivity contribution is 5.93. The van der Waals surface area contributed by atoms with Gasteiger partial charge in [0.1, 0.15) is 5.69 Å². The lowest BCUT2D eigenvalue weighted by atomic mass is 10.2. The van der Waals surface area contributed by atoms with E-state index < -0.39 is 11.7 Å². The summed E-state index contributed by atoms with van der Waals surface area (Å²) in [7, 11) is 0. The molecule has 0 radical (unpaired) electrons. The number of hydrogen-bond acceptors (Lipinski definition) is 3. The van der Waals surface area contributed by atoms with Gasteiger partial charge < -0.3 is 10.2 Å². The van der Waals surface area contributed by atoms with Gasteiger partial charge in [0.2, 0.25) is 0 Å². The van der Waals surface area contributed by atoms with Crippen LogP contribution >= 0.6 is 0 Å². The number of nitrogens with zero attached hydrogens (tertiary/aromatic N) is 2. The first kappa shape index (κ1) is 17.8. The first-order valence-electron chi connectivity index (χ1n) is 7.54. The smallest absolute Gasteiger partial charge is 0.355 e. The largest absolute Gasteiger partial charge is 0.416 e. The highest BCUT2D eigenvalue weighted by Gasteiger charge is 2.29. The van der Waals surface area contributed by atoms with Crippen molar-refractivity contribution in [3.8, 4) is 0 Å². The normalized spacial score (nSPS) is 11.2. The molecule has 4 nitrogen and oxygen atoms in total. The van der Waals surface area contributed by atoms with E-state index in [0.717, 1.165) is 12.1 Å². The van der Waals surface area contributed by atoms with E-state index in [1.165, 1.54) is 18.3 Å². The molecule has 2 rings (SSSR count). The summed E-state index contributed by atoms with van der Waals surface area (Å²) < 4.78 is 37.7. The third-order valence-corrected chi connectivity index (χ3v) is 3.53. The van der Waals surface area contributed by atoms with E-state index in [9.17, 15) is 18.0 Å². The second kappa shape index (κ2) is 7.33. The zero-order valence-corrected chi connectivity index (χ0v) is 13.4. The molecule has 0 fully saturated rings. The number of pyridine rings is 1. The van der Waals surface area contributed by atoms with Gasteiger partial charge in [0, 0.05) is 30.7 Å². The van der Waals surface area contributed by atoms with Crippen molar-refractivity contribution in [2.75, 3.05) is 18.4 Å². The predicted octanol–water partition coefficient (Wildman–Crippen LogP) is 4.33. The van der Waals surface area contributed by atoms with Crippen LogP contribution in [0, 0.1) is 0 Å². The molecule has 0 aliphatic rings. The molecule has 0 unspecified atom stereocenters. The maximum Gasteiger partial charge on any atom is 0.416 e. The van der Waals surface area contributed by atoms with Gasteiger partial charge in [-0.05, 0) is 50.2 Å². The van der Waals surface area contributed by atoms with E-state index in [1.54, 1.807) is 17.0 Å². The molecule has 1 aromatic heterocycles. The van der Waals surface area contributed by atoms with E-state index in [4.69, 9.17) is 0 Å². The summed E-state index contributed by atoms with van der Waals surface area (Å²) in [5.74, 6) is -0.184. The number of amides is 1. The highest BCUT2D eigenvalue weighted by Crippen LogP contribution is 2.30. The fourth-order valence-electron chi connectivity index (χ4n) is 2.21. The molecule has 1 N–H and O–H groups in total. The van der Waals surface area contributed by atoms with E-state index in [2.05, 4.69) is 10.3 Å². The summed E-state index contributed by atoms with van der Waals surface area (Å²) in [5, 5.41) is 2.97. The molecule has 1 aromatic carbocycles. The molecule has 0 bridgehead atoms. The Kier molecular flexibility index (Phi) is 5.43. The van der Waals surface area contributed by atoms with Crippen LogP contribution in [-0.4, -0.2) is 28.9 Å². The van der Waals surface area contributed by atoms with Crippen molar-refractivity contribution in [3.05, 3.63) is 53.9 Å². The molecule has 128 valence electrons. The van der Waals surface area contributed by atoms with Gasteiger partial charge in [0.15, 0.2) is 0 Å². The predicted molar refractivity (Wildman–Crippen MR) is 86.2 cm³/mol. The van der Waals surface area contributed by atoms with Crippen molar-refractivity contribution in [1.82, 2.24) is 9.88 Å². The van der Waals surface area contributed by atoms with Crippen molar-refractivity contribution in [2.24, 2.45) is 0 Å². The molecule has 2 aromatic rings. The highest BCUT2D eigenvalue weighted by atomic mass is 19.4. The fourth-order valence-corrected chi connectivity index (χ4v) is 2.21. The number of nitrogens with one attached hydrogen (secondary N) is 1. The van der Waals surface area contributed by atoms with E-state index >= 15 is 0 Å². The zero-order chi connectivity index (χ0) is 17.7. The third-order valence-electron chi connectivity index (χ3n) is 3.53. The fraction of sp³-hybridized carbons (Fsp3) is 0.294. The summed E-state index contributed by atoms with van der Waals surface area (Å²) in [6.07, 6.45) is -2.87. The molecule has 7 heteroatoms. The van der Waals surface area contributed by atoms with Crippen molar-refractivity contribution in [3.63, 3.8) is 0 Å². The SMILES string of the molecule is CCN(CC)C(=O)c1cc(Nc2ccc(C(F)(F)F)cc2)ccn1. The lowest BCUT2D eigenvalue weighted by Crippen LogP contribution is -2.31. The van der Waals surface area contributed by atoms with Crippen LogP contribution < -0.4 is 5.32 Å². The summed E-state index contributed by atoms with van der Waals surface area (Å²) in [6, 6.07) is 7.93. The number of rotatable bonds is 5. The monoisotopic (exact) mass is 337 g/mol. The minimum atomic E-state index is -4.36. The minimum Gasteiger partial charge on any atom is -0.355 e. The molecule has 0 aliphatic heterocycles. The van der Waals surface area contributed by atoms with Gasteiger partial charge >= 0.3 is 6.18 Å². The molecule has 0 saturated heterocycles. The summed E-state index contributed by atoms with van der Waals surface area (Å²) in [6.45, 7) is 4.92. The van der Waals surface area contributed by atoms with E-state index in [-0.39, 0.29) is 11.6 Å².